The van der Waals surface area contributed by atoms with Crippen molar-refractivity contribution in [3.63, 3.8) is 0 Å². The molecule has 0 spiro atoms. The SMILES string of the molecule is COC(=O)[C@@H]1CC(c2ccccc2)=NO1. The maximum absolute atomic E-state index is 11.2. The monoisotopic (exact) mass is 205 g/mol. The Hall–Kier alpha value is -1.84. The largest absolute Gasteiger partial charge is 0.466 e. The predicted octanol–water partition coefficient (Wildman–Crippen LogP) is 1.35. The van der Waals surface area contributed by atoms with Gasteiger partial charge < -0.3 is 9.57 Å². The summed E-state index contributed by atoms with van der Waals surface area (Å²) in [4.78, 5) is 16.2. The molecule has 4 heteroatoms. The van der Waals surface area contributed by atoms with Crippen LogP contribution in [0.15, 0.2) is 35.5 Å². The molecule has 0 aromatic heterocycles. The number of rotatable bonds is 2. The van der Waals surface area contributed by atoms with Gasteiger partial charge in [-0.3, -0.25) is 0 Å². The number of hydrogen-bond donors (Lipinski definition) is 0. The smallest absolute Gasteiger partial charge is 0.350 e. The summed E-state index contributed by atoms with van der Waals surface area (Å²) in [6.45, 7) is 0. The molecule has 1 atom stereocenters. The molecule has 0 amide bonds. The number of esters is 1. The van der Waals surface area contributed by atoms with Crippen LogP contribution in [0.3, 0.4) is 0 Å². The number of nitrogens with zero attached hydrogens (tertiary/aromatic N) is 1. The van der Waals surface area contributed by atoms with Crippen LogP contribution in [-0.2, 0) is 14.4 Å². The first-order chi connectivity index (χ1) is 7.31. The van der Waals surface area contributed by atoms with E-state index in [-0.39, 0.29) is 5.97 Å². The van der Waals surface area contributed by atoms with Crippen LogP contribution in [0.4, 0.5) is 0 Å². The van der Waals surface area contributed by atoms with Crippen molar-refractivity contribution in [3.8, 4) is 0 Å². The van der Waals surface area contributed by atoms with Gasteiger partial charge in [0.25, 0.3) is 0 Å². The minimum Gasteiger partial charge on any atom is -0.466 e. The Morgan fingerprint density at radius 3 is 2.87 bits per heavy atom. The second-order valence-electron chi connectivity index (χ2n) is 3.23. The van der Waals surface area contributed by atoms with E-state index in [1.807, 2.05) is 30.3 Å². The molecule has 78 valence electrons. The Balaban J connectivity index is 2.07. The van der Waals surface area contributed by atoms with Crippen LogP contribution in [0.2, 0.25) is 0 Å². The molecule has 0 saturated heterocycles. The fourth-order valence-electron chi connectivity index (χ4n) is 1.44. The molecular formula is C11H11NO3. The molecule has 1 aromatic carbocycles. The van der Waals surface area contributed by atoms with Gasteiger partial charge in [-0.1, -0.05) is 35.5 Å². The van der Waals surface area contributed by atoms with Crippen LogP contribution < -0.4 is 0 Å². The molecule has 0 aliphatic carbocycles. The molecule has 1 aromatic rings. The Kier molecular flexibility index (Phi) is 2.67. The summed E-state index contributed by atoms with van der Waals surface area (Å²) in [7, 11) is 1.34. The summed E-state index contributed by atoms with van der Waals surface area (Å²) < 4.78 is 4.58. The summed E-state index contributed by atoms with van der Waals surface area (Å²) in [5.41, 5.74) is 1.76. The highest BCUT2D eigenvalue weighted by Crippen LogP contribution is 2.17. The normalized spacial score (nSPS) is 19.3. The van der Waals surface area contributed by atoms with Crippen LogP contribution >= 0.6 is 0 Å². The Bertz CT molecular complexity index is 386. The van der Waals surface area contributed by atoms with E-state index >= 15 is 0 Å². The third kappa shape index (κ3) is 1.98. The summed E-state index contributed by atoms with van der Waals surface area (Å²) in [6.07, 6.45) is -0.123. The quantitative estimate of drug-likeness (QED) is 0.685. The lowest BCUT2D eigenvalue weighted by atomic mass is 10.1. The average molecular weight is 205 g/mol. The summed E-state index contributed by atoms with van der Waals surface area (Å²) >= 11 is 0. The third-order valence-electron chi connectivity index (χ3n) is 2.24. The standard InChI is InChI=1S/C11H11NO3/c1-14-11(13)10-7-9(12-15-10)8-5-3-2-4-6-8/h2-6,10H,7H2,1H3/t10-/m0/s1. The lowest BCUT2D eigenvalue weighted by Gasteiger charge is -2.03. The van der Waals surface area contributed by atoms with Gasteiger partial charge in [0, 0.05) is 6.42 Å². The molecule has 2 rings (SSSR count). The molecule has 0 radical (unpaired) electrons. The van der Waals surface area contributed by atoms with Crippen molar-refractivity contribution < 1.29 is 14.4 Å². The van der Waals surface area contributed by atoms with Crippen molar-refractivity contribution in [2.45, 2.75) is 12.5 Å². The highest BCUT2D eigenvalue weighted by Gasteiger charge is 2.29. The number of ether oxygens (including phenoxy) is 1. The van der Waals surface area contributed by atoms with Crippen molar-refractivity contribution >= 4 is 11.7 Å². The highest BCUT2D eigenvalue weighted by molar-refractivity contribution is 6.03. The molecule has 1 aliphatic heterocycles. The van der Waals surface area contributed by atoms with Crippen LogP contribution in [0.5, 0.6) is 0 Å². The molecule has 0 bridgehead atoms. The molecule has 1 heterocycles. The van der Waals surface area contributed by atoms with Crippen molar-refractivity contribution in [2.24, 2.45) is 5.16 Å². The van der Waals surface area contributed by atoms with Crippen molar-refractivity contribution in [2.75, 3.05) is 7.11 Å². The van der Waals surface area contributed by atoms with E-state index in [9.17, 15) is 4.79 Å². The van der Waals surface area contributed by atoms with Crippen LogP contribution in [0.25, 0.3) is 0 Å². The zero-order valence-corrected chi connectivity index (χ0v) is 8.34. The first-order valence-corrected chi connectivity index (χ1v) is 4.67. The van der Waals surface area contributed by atoms with Crippen molar-refractivity contribution in [1.29, 1.82) is 0 Å². The highest BCUT2D eigenvalue weighted by atomic mass is 16.7. The lowest BCUT2D eigenvalue weighted by molar-refractivity contribution is -0.152. The number of oxime groups is 1. The predicted molar refractivity (Wildman–Crippen MR) is 54.5 cm³/mol. The zero-order chi connectivity index (χ0) is 10.7. The van der Waals surface area contributed by atoms with Gasteiger partial charge in [-0.25, -0.2) is 4.79 Å². The van der Waals surface area contributed by atoms with Crippen molar-refractivity contribution in [1.82, 2.24) is 0 Å². The number of methoxy groups -OCH3 is 1. The number of carbonyl (C=O) groups excluding carboxylic acids is 1. The first kappa shape index (κ1) is 9.71. The van der Waals surface area contributed by atoms with E-state index in [1.54, 1.807) is 0 Å². The van der Waals surface area contributed by atoms with Gasteiger partial charge in [0.15, 0.2) is 0 Å². The molecule has 4 nitrogen and oxygen atoms in total. The van der Waals surface area contributed by atoms with Gasteiger partial charge in [-0.2, -0.15) is 0 Å². The van der Waals surface area contributed by atoms with Gasteiger partial charge in [0.05, 0.1) is 12.8 Å². The molecule has 0 N–H and O–H groups in total. The first-order valence-electron chi connectivity index (χ1n) is 4.67. The third-order valence-corrected chi connectivity index (χ3v) is 2.24. The van der Waals surface area contributed by atoms with Gasteiger partial charge in [-0.05, 0) is 5.56 Å². The Morgan fingerprint density at radius 1 is 1.47 bits per heavy atom. The van der Waals surface area contributed by atoms with E-state index in [1.165, 1.54) is 7.11 Å². The number of hydrogen-bond acceptors (Lipinski definition) is 4. The van der Waals surface area contributed by atoms with Gasteiger partial charge in [0.2, 0.25) is 6.10 Å². The zero-order valence-electron chi connectivity index (χ0n) is 8.34. The van der Waals surface area contributed by atoms with Gasteiger partial charge in [-0.15, -0.1) is 0 Å². The minimum atomic E-state index is -0.592. The minimum absolute atomic E-state index is 0.385. The average Bonchev–Trinajstić information content (AvgIpc) is 2.78. The Labute approximate surface area is 87.5 Å². The maximum atomic E-state index is 11.2. The van der Waals surface area contributed by atoms with E-state index in [4.69, 9.17) is 4.84 Å². The number of benzene rings is 1. The van der Waals surface area contributed by atoms with E-state index < -0.39 is 6.10 Å². The fraction of sp³-hybridized carbons (Fsp3) is 0.273. The van der Waals surface area contributed by atoms with E-state index in [2.05, 4.69) is 9.89 Å². The summed E-state index contributed by atoms with van der Waals surface area (Å²) in [6, 6.07) is 9.63. The molecule has 0 fully saturated rings. The summed E-state index contributed by atoms with van der Waals surface area (Å²) in [5.74, 6) is -0.385. The second kappa shape index (κ2) is 4.13. The molecule has 15 heavy (non-hydrogen) atoms. The summed E-state index contributed by atoms with van der Waals surface area (Å²) in [5, 5.41) is 3.87. The van der Waals surface area contributed by atoms with E-state index in [0.29, 0.717) is 6.42 Å². The topological polar surface area (TPSA) is 47.9 Å². The van der Waals surface area contributed by atoms with Crippen LogP contribution in [0.1, 0.15) is 12.0 Å². The van der Waals surface area contributed by atoms with Crippen LogP contribution in [0, 0.1) is 0 Å². The fourth-order valence-corrected chi connectivity index (χ4v) is 1.44. The molecule has 0 unspecified atom stereocenters. The number of carbonyl (C=O) groups is 1. The van der Waals surface area contributed by atoms with E-state index in [0.717, 1.165) is 11.3 Å². The maximum Gasteiger partial charge on any atom is 0.350 e. The lowest BCUT2D eigenvalue weighted by Crippen LogP contribution is -2.22. The Morgan fingerprint density at radius 2 is 2.20 bits per heavy atom. The van der Waals surface area contributed by atoms with Crippen LogP contribution in [-0.4, -0.2) is 24.9 Å². The second-order valence-corrected chi connectivity index (χ2v) is 3.23. The van der Waals surface area contributed by atoms with Gasteiger partial charge >= 0.3 is 5.97 Å². The molecule has 0 saturated carbocycles. The molecule has 1 aliphatic rings. The van der Waals surface area contributed by atoms with Gasteiger partial charge in [0.1, 0.15) is 0 Å². The molecular weight excluding hydrogens is 194 g/mol. The van der Waals surface area contributed by atoms with Crippen molar-refractivity contribution in [3.05, 3.63) is 35.9 Å².